The van der Waals surface area contributed by atoms with E-state index < -0.39 is 5.60 Å². The van der Waals surface area contributed by atoms with Crippen LogP contribution >= 0.6 is 10.5 Å². The van der Waals surface area contributed by atoms with Gasteiger partial charge >= 0.3 is 5.97 Å². The summed E-state index contributed by atoms with van der Waals surface area (Å²) in [5.41, 5.74) is 0.132. The summed E-state index contributed by atoms with van der Waals surface area (Å²) < 4.78 is 7.27. The highest BCUT2D eigenvalue weighted by molar-refractivity contribution is 7.45. The summed E-state index contributed by atoms with van der Waals surface area (Å²) in [6.07, 6.45) is 7.76. The molecule has 2 nitrogen and oxygen atoms in total. The van der Waals surface area contributed by atoms with E-state index in [4.69, 9.17) is 4.74 Å². The van der Waals surface area contributed by atoms with Gasteiger partial charge in [0.25, 0.3) is 0 Å². The standard InChI is InChI=1S/C25H27O2S/c1-18-17-20-9-7-8-12-23(20)28(18)22-15-13-19(14-16-22)24(26)27-25(2,3)21-10-5-4-6-11-21/h5,7-10,12-17,21H,4,6,11H2,1-3H3/q+1. The number of esters is 1. The third-order valence-corrected chi connectivity index (χ3v) is 7.97. The van der Waals surface area contributed by atoms with Gasteiger partial charge < -0.3 is 4.74 Å². The molecule has 0 spiro atoms. The Morgan fingerprint density at radius 2 is 1.86 bits per heavy atom. The molecule has 0 bridgehead atoms. The molecule has 2 atom stereocenters. The molecule has 3 aromatic rings. The number of thiophene rings is 1. The van der Waals surface area contributed by atoms with E-state index >= 15 is 0 Å². The third kappa shape index (κ3) is 3.64. The smallest absolute Gasteiger partial charge is 0.338 e. The van der Waals surface area contributed by atoms with E-state index in [-0.39, 0.29) is 22.4 Å². The van der Waals surface area contributed by atoms with Crippen molar-refractivity contribution in [3.05, 3.63) is 77.2 Å². The summed E-state index contributed by atoms with van der Waals surface area (Å²) in [6.45, 7) is 6.22. The minimum Gasteiger partial charge on any atom is -0.455 e. The minimum absolute atomic E-state index is 0.0549. The molecule has 2 aromatic carbocycles. The Bertz CT molecular complexity index is 1020. The van der Waals surface area contributed by atoms with Crippen LogP contribution in [0, 0.1) is 12.8 Å². The van der Waals surface area contributed by atoms with Gasteiger partial charge in [0.15, 0.2) is 14.5 Å². The van der Waals surface area contributed by atoms with Crippen molar-refractivity contribution in [3.8, 4) is 4.90 Å². The Labute approximate surface area is 169 Å². The number of fused-ring (bicyclic) bond motifs is 1. The zero-order chi connectivity index (χ0) is 19.7. The van der Waals surface area contributed by atoms with Gasteiger partial charge in [0.05, 0.1) is 5.56 Å². The zero-order valence-corrected chi connectivity index (χ0v) is 17.6. The molecular weight excluding hydrogens is 364 g/mol. The van der Waals surface area contributed by atoms with Crippen LogP contribution in [-0.4, -0.2) is 11.6 Å². The Hall–Kier alpha value is -2.39. The van der Waals surface area contributed by atoms with Gasteiger partial charge in [-0.2, -0.15) is 0 Å². The first kappa shape index (κ1) is 18.9. The fourth-order valence-electron chi connectivity index (χ4n) is 4.04. The lowest BCUT2D eigenvalue weighted by molar-refractivity contribution is -0.0225. The van der Waals surface area contributed by atoms with Crippen LogP contribution < -0.4 is 0 Å². The number of hydrogen-bond donors (Lipinski definition) is 0. The maximum atomic E-state index is 12.7. The van der Waals surface area contributed by atoms with E-state index in [1.54, 1.807) is 0 Å². The van der Waals surface area contributed by atoms with Crippen molar-refractivity contribution in [2.75, 3.05) is 0 Å². The highest BCUT2D eigenvalue weighted by atomic mass is 32.2. The predicted octanol–water partition coefficient (Wildman–Crippen LogP) is 7.18. The Morgan fingerprint density at radius 3 is 2.57 bits per heavy atom. The van der Waals surface area contributed by atoms with Gasteiger partial charge in [-0.1, -0.05) is 24.3 Å². The highest BCUT2D eigenvalue weighted by Gasteiger charge is 2.32. The van der Waals surface area contributed by atoms with Crippen LogP contribution in [0.1, 0.15) is 48.3 Å². The normalized spacial score (nSPS) is 17.7. The Kier molecular flexibility index (Phi) is 5.11. The quantitative estimate of drug-likeness (QED) is 0.267. The topological polar surface area (TPSA) is 26.3 Å². The monoisotopic (exact) mass is 391 g/mol. The summed E-state index contributed by atoms with van der Waals surface area (Å²) in [5, 5.41) is 1.30. The van der Waals surface area contributed by atoms with Gasteiger partial charge in [-0.05, 0) is 69.5 Å². The fourth-order valence-corrected chi connectivity index (χ4v) is 6.25. The van der Waals surface area contributed by atoms with Gasteiger partial charge in [0, 0.05) is 34.8 Å². The second-order valence-electron chi connectivity index (χ2n) is 8.08. The largest absolute Gasteiger partial charge is 0.455 e. The number of allylic oxidation sites excluding steroid dienone is 1. The van der Waals surface area contributed by atoms with Gasteiger partial charge in [-0.25, -0.2) is 4.79 Å². The van der Waals surface area contributed by atoms with Gasteiger partial charge in [-0.3, -0.25) is 0 Å². The molecule has 0 fully saturated rings. The van der Waals surface area contributed by atoms with Gasteiger partial charge in [0.1, 0.15) is 5.60 Å². The van der Waals surface area contributed by atoms with E-state index in [9.17, 15) is 4.79 Å². The fraction of sp³-hybridized carbons (Fsp3) is 0.320. The molecule has 0 radical (unpaired) electrons. The molecule has 0 amide bonds. The van der Waals surface area contributed by atoms with Crippen molar-refractivity contribution < 1.29 is 9.53 Å². The number of ether oxygens (including phenoxy) is 1. The number of benzene rings is 2. The maximum Gasteiger partial charge on any atom is 0.338 e. The molecule has 1 aliphatic carbocycles. The molecule has 2 unspecified atom stereocenters. The average Bonchev–Trinajstić information content (AvgIpc) is 3.04. The average molecular weight is 392 g/mol. The first-order chi connectivity index (χ1) is 13.5. The molecule has 3 heteroatoms. The number of rotatable bonds is 4. The lowest BCUT2D eigenvalue weighted by Crippen LogP contribution is -2.36. The van der Waals surface area contributed by atoms with Gasteiger partial charge in [-0.15, -0.1) is 0 Å². The van der Waals surface area contributed by atoms with Crippen LogP contribution in [0.25, 0.3) is 15.0 Å². The SMILES string of the molecule is Cc1cc2ccccc2[s+]1-c1ccc(C(=O)OC(C)(C)C2C=CCCC2)cc1. The van der Waals surface area contributed by atoms with Crippen LogP contribution in [0.4, 0.5) is 0 Å². The highest BCUT2D eigenvalue weighted by Crippen LogP contribution is 2.43. The molecule has 144 valence electrons. The minimum atomic E-state index is -0.488. The number of carbonyl (C=O) groups is 1. The molecule has 1 aromatic heterocycles. The van der Waals surface area contributed by atoms with Crippen molar-refractivity contribution in [1.82, 2.24) is 0 Å². The molecule has 1 aliphatic rings. The molecular formula is C25H27O2S+. The number of carbonyl (C=O) groups excluding carboxylic acids is 1. The van der Waals surface area contributed by atoms with Crippen LogP contribution in [-0.2, 0) is 4.74 Å². The van der Waals surface area contributed by atoms with E-state index in [1.807, 2.05) is 26.0 Å². The third-order valence-electron chi connectivity index (χ3n) is 5.65. The first-order valence-corrected chi connectivity index (χ1v) is 11.2. The molecule has 4 rings (SSSR count). The molecule has 0 N–H and O–H groups in total. The number of aryl methyl sites for hydroxylation is 1. The van der Waals surface area contributed by atoms with E-state index in [0.29, 0.717) is 5.56 Å². The lowest BCUT2D eigenvalue weighted by atomic mass is 9.83. The summed E-state index contributed by atoms with van der Waals surface area (Å²) >= 11 is 0. The Morgan fingerprint density at radius 1 is 1.11 bits per heavy atom. The van der Waals surface area contributed by atoms with Gasteiger partial charge in [0.2, 0.25) is 0 Å². The van der Waals surface area contributed by atoms with Crippen molar-refractivity contribution >= 4 is 26.5 Å². The Balaban J connectivity index is 1.56. The summed E-state index contributed by atoms with van der Waals surface area (Å²) in [6, 6.07) is 18.8. The second kappa shape index (κ2) is 7.56. The molecule has 0 saturated carbocycles. The van der Waals surface area contributed by atoms with Crippen molar-refractivity contribution in [2.45, 2.75) is 45.6 Å². The van der Waals surface area contributed by atoms with Crippen molar-refractivity contribution in [3.63, 3.8) is 0 Å². The van der Waals surface area contributed by atoms with Crippen LogP contribution in [0.2, 0.25) is 0 Å². The zero-order valence-electron chi connectivity index (χ0n) is 16.8. The van der Waals surface area contributed by atoms with Crippen LogP contribution in [0.15, 0.2) is 66.7 Å². The first-order valence-electron chi connectivity index (χ1n) is 9.97. The van der Waals surface area contributed by atoms with E-state index in [0.717, 1.165) is 19.3 Å². The van der Waals surface area contributed by atoms with Crippen molar-refractivity contribution in [1.29, 1.82) is 0 Å². The molecule has 28 heavy (non-hydrogen) atoms. The summed E-state index contributed by atoms with van der Waals surface area (Å²) in [5.74, 6) is 0.0478. The second-order valence-corrected chi connectivity index (χ2v) is 10.2. The summed E-state index contributed by atoms with van der Waals surface area (Å²) in [7, 11) is -0.0549. The predicted molar refractivity (Wildman–Crippen MR) is 118 cm³/mol. The molecule has 0 saturated heterocycles. The molecule has 1 heterocycles. The van der Waals surface area contributed by atoms with E-state index in [2.05, 4.69) is 61.5 Å². The number of hydrogen-bond acceptors (Lipinski definition) is 2. The van der Waals surface area contributed by atoms with Crippen LogP contribution in [0.3, 0.4) is 0 Å². The van der Waals surface area contributed by atoms with Crippen molar-refractivity contribution in [2.24, 2.45) is 5.92 Å². The summed E-state index contributed by atoms with van der Waals surface area (Å²) in [4.78, 5) is 15.3. The lowest BCUT2D eigenvalue weighted by Gasteiger charge is -2.33. The molecule has 0 aliphatic heterocycles. The maximum absolute atomic E-state index is 12.7. The van der Waals surface area contributed by atoms with E-state index in [1.165, 1.54) is 19.9 Å². The van der Waals surface area contributed by atoms with Crippen LogP contribution in [0.5, 0.6) is 0 Å².